The Hall–Kier alpha value is -1.10. The molecule has 0 aromatic carbocycles. The summed E-state index contributed by atoms with van der Waals surface area (Å²) in [5.41, 5.74) is 0.0249. The van der Waals surface area contributed by atoms with Crippen LogP contribution in [0.25, 0.3) is 0 Å². The summed E-state index contributed by atoms with van der Waals surface area (Å²) in [4.78, 5) is 30.4. The van der Waals surface area contributed by atoms with E-state index in [-0.39, 0.29) is 34.9 Å². The van der Waals surface area contributed by atoms with Crippen LogP contribution in [-0.2, 0) is 9.59 Å². The maximum atomic E-state index is 13.6. The van der Waals surface area contributed by atoms with Crippen LogP contribution in [0, 0.1) is 5.92 Å². The molecule has 1 aliphatic carbocycles. The van der Waals surface area contributed by atoms with Crippen LogP contribution in [0.2, 0.25) is 0 Å². The Morgan fingerprint density at radius 2 is 1.75 bits per heavy atom. The molecule has 2 aliphatic heterocycles. The van der Waals surface area contributed by atoms with E-state index in [0.29, 0.717) is 19.0 Å². The highest BCUT2D eigenvalue weighted by Gasteiger charge is 2.45. The average molecular weight is 392 g/mol. The second kappa shape index (κ2) is 8.33. The summed E-state index contributed by atoms with van der Waals surface area (Å²) in [6.45, 7) is 12.6. The van der Waals surface area contributed by atoms with Crippen LogP contribution in [0.1, 0.15) is 92.4 Å². The summed E-state index contributed by atoms with van der Waals surface area (Å²) < 4.78 is 0. The predicted molar refractivity (Wildman–Crippen MR) is 113 cm³/mol. The zero-order valence-electron chi connectivity index (χ0n) is 18.7. The third kappa shape index (κ3) is 4.90. The normalized spacial score (nSPS) is 28.1. The Morgan fingerprint density at radius 3 is 2.32 bits per heavy atom. The van der Waals surface area contributed by atoms with Gasteiger partial charge in [-0.3, -0.25) is 9.59 Å². The molecule has 5 nitrogen and oxygen atoms in total. The Labute approximate surface area is 171 Å². The van der Waals surface area contributed by atoms with Crippen LogP contribution in [0.3, 0.4) is 0 Å². The van der Waals surface area contributed by atoms with Gasteiger partial charge in [-0.2, -0.15) is 0 Å². The molecule has 1 N–H and O–H groups in total. The molecule has 5 heteroatoms. The predicted octanol–water partition coefficient (Wildman–Crippen LogP) is 3.72. The number of unbranched alkanes of at least 4 members (excludes halogenated alkanes) is 1. The van der Waals surface area contributed by atoms with Crippen molar-refractivity contribution in [3.8, 4) is 0 Å². The topological polar surface area (TPSA) is 52.7 Å². The van der Waals surface area contributed by atoms with Crippen LogP contribution < -0.4 is 5.32 Å². The summed E-state index contributed by atoms with van der Waals surface area (Å²) in [5.74, 6) is 0.276. The Bertz CT molecular complexity index is 564. The van der Waals surface area contributed by atoms with Crippen molar-refractivity contribution < 1.29 is 9.59 Å². The van der Waals surface area contributed by atoms with Crippen molar-refractivity contribution in [2.24, 2.45) is 5.92 Å². The lowest BCUT2D eigenvalue weighted by atomic mass is 9.78. The molecule has 160 valence electrons. The summed E-state index contributed by atoms with van der Waals surface area (Å²) >= 11 is 0. The summed E-state index contributed by atoms with van der Waals surface area (Å²) in [5, 5.41) is 3.73. The van der Waals surface area contributed by atoms with E-state index < -0.39 is 0 Å². The highest BCUT2D eigenvalue weighted by molar-refractivity contribution is 5.89. The van der Waals surface area contributed by atoms with Gasteiger partial charge < -0.3 is 15.1 Å². The number of rotatable bonds is 6. The fraction of sp³-hybridized carbons (Fsp3) is 0.913. The standard InChI is InChI=1S/C23H41N3O2/c1-6-7-12-25(19-14-22(2,3)24-23(4,5)15-19)21(28)17-13-20(27)26(16-17)18-10-8-9-11-18/h17-19,24H,6-16H2,1-5H3. The van der Waals surface area contributed by atoms with Crippen molar-refractivity contribution in [2.45, 2.75) is 116 Å². The fourth-order valence-electron chi connectivity index (χ4n) is 5.99. The second-order valence-corrected chi connectivity index (χ2v) is 10.7. The molecule has 3 fully saturated rings. The van der Waals surface area contributed by atoms with Gasteiger partial charge in [0.1, 0.15) is 0 Å². The van der Waals surface area contributed by atoms with Gasteiger partial charge in [-0.15, -0.1) is 0 Å². The zero-order chi connectivity index (χ0) is 20.5. The molecule has 0 spiro atoms. The number of hydrogen-bond acceptors (Lipinski definition) is 3. The first-order chi connectivity index (χ1) is 13.1. The fourth-order valence-corrected chi connectivity index (χ4v) is 5.99. The second-order valence-electron chi connectivity index (χ2n) is 10.7. The number of carbonyl (C=O) groups excluding carboxylic acids is 2. The van der Waals surface area contributed by atoms with Crippen LogP contribution in [-0.4, -0.2) is 57.9 Å². The monoisotopic (exact) mass is 391 g/mol. The van der Waals surface area contributed by atoms with Gasteiger partial charge in [-0.1, -0.05) is 26.2 Å². The highest BCUT2D eigenvalue weighted by Crippen LogP contribution is 2.35. The molecular weight excluding hydrogens is 350 g/mol. The van der Waals surface area contributed by atoms with E-state index in [1.54, 1.807) is 0 Å². The first-order valence-corrected chi connectivity index (χ1v) is 11.5. The van der Waals surface area contributed by atoms with Gasteiger partial charge in [0, 0.05) is 42.7 Å². The molecule has 0 bridgehead atoms. The molecule has 3 rings (SSSR count). The lowest BCUT2D eigenvalue weighted by molar-refractivity contribution is -0.140. The summed E-state index contributed by atoms with van der Waals surface area (Å²) in [7, 11) is 0. The van der Waals surface area contributed by atoms with Crippen LogP contribution >= 0.6 is 0 Å². The van der Waals surface area contributed by atoms with Gasteiger partial charge in [0.2, 0.25) is 11.8 Å². The van der Waals surface area contributed by atoms with Gasteiger partial charge >= 0.3 is 0 Å². The average Bonchev–Trinajstić information content (AvgIpc) is 3.21. The van der Waals surface area contributed by atoms with Gasteiger partial charge in [-0.05, 0) is 59.8 Å². The summed E-state index contributed by atoms with van der Waals surface area (Å²) in [6, 6.07) is 0.632. The highest BCUT2D eigenvalue weighted by atomic mass is 16.2. The van der Waals surface area contributed by atoms with Crippen LogP contribution in [0.15, 0.2) is 0 Å². The van der Waals surface area contributed by atoms with Gasteiger partial charge in [-0.25, -0.2) is 0 Å². The first-order valence-electron chi connectivity index (χ1n) is 11.5. The number of piperidine rings is 1. The molecule has 28 heavy (non-hydrogen) atoms. The van der Waals surface area contributed by atoms with Crippen LogP contribution in [0.4, 0.5) is 0 Å². The van der Waals surface area contributed by atoms with E-state index in [1.165, 1.54) is 12.8 Å². The van der Waals surface area contributed by atoms with Gasteiger partial charge in [0.25, 0.3) is 0 Å². The Balaban J connectivity index is 1.74. The van der Waals surface area contributed by atoms with Crippen LogP contribution in [0.5, 0.6) is 0 Å². The lowest BCUT2D eigenvalue weighted by Gasteiger charge is -2.50. The molecular formula is C23H41N3O2. The SMILES string of the molecule is CCCCN(C(=O)C1CC(=O)N(C2CCCC2)C1)C1CC(C)(C)NC(C)(C)C1. The Kier molecular flexibility index (Phi) is 6.43. The number of carbonyl (C=O) groups is 2. The van der Waals surface area contributed by atoms with Crippen molar-refractivity contribution >= 4 is 11.8 Å². The number of amides is 2. The van der Waals surface area contributed by atoms with Crippen molar-refractivity contribution in [1.29, 1.82) is 0 Å². The molecule has 0 aromatic rings. The molecule has 2 amide bonds. The van der Waals surface area contributed by atoms with Gasteiger partial charge in [0.05, 0.1) is 5.92 Å². The molecule has 2 heterocycles. The first kappa shape index (κ1) is 21.6. The molecule has 3 aliphatic rings. The molecule has 1 unspecified atom stereocenters. The van der Waals surface area contributed by atoms with E-state index in [9.17, 15) is 9.59 Å². The smallest absolute Gasteiger partial charge is 0.228 e. The van der Waals surface area contributed by atoms with Crippen molar-refractivity contribution in [3.05, 3.63) is 0 Å². The quantitative estimate of drug-likeness (QED) is 0.751. The maximum Gasteiger partial charge on any atom is 0.228 e. The largest absolute Gasteiger partial charge is 0.339 e. The van der Waals surface area contributed by atoms with E-state index in [0.717, 1.165) is 45.1 Å². The van der Waals surface area contributed by atoms with Crippen molar-refractivity contribution in [2.75, 3.05) is 13.1 Å². The molecule has 2 saturated heterocycles. The van der Waals surface area contributed by atoms with Crippen molar-refractivity contribution in [3.63, 3.8) is 0 Å². The maximum absolute atomic E-state index is 13.6. The number of likely N-dealkylation sites (tertiary alicyclic amines) is 1. The Morgan fingerprint density at radius 1 is 1.14 bits per heavy atom. The number of nitrogens with one attached hydrogen (secondary N) is 1. The summed E-state index contributed by atoms with van der Waals surface area (Å²) in [6.07, 6.45) is 9.13. The lowest BCUT2D eigenvalue weighted by Crippen LogP contribution is -2.63. The van der Waals surface area contributed by atoms with Gasteiger partial charge in [0.15, 0.2) is 0 Å². The van der Waals surface area contributed by atoms with E-state index in [1.807, 2.05) is 4.90 Å². The van der Waals surface area contributed by atoms with E-state index in [2.05, 4.69) is 44.8 Å². The molecule has 0 aromatic heterocycles. The van der Waals surface area contributed by atoms with E-state index >= 15 is 0 Å². The molecule has 1 atom stereocenters. The third-order valence-corrected chi connectivity index (χ3v) is 6.92. The van der Waals surface area contributed by atoms with Crippen molar-refractivity contribution in [1.82, 2.24) is 15.1 Å². The minimum Gasteiger partial charge on any atom is -0.339 e. The minimum absolute atomic E-state index is 0.0124. The number of hydrogen-bond donors (Lipinski definition) is 1. The van der Waals surface area contributed by atoms with E-state index in [4.69, 9.17) is 0 Å². The zero-order valence-corrected chi connectivity index (χ0v) is 18.7. The number of nitrogens with zero attached hydrogens (tertiary/aromatic N) is 2. The third-order valence-electron chi connectivity index (χ3n) is 6.92. The molecule has 1 saturated carbocycles. The minimum atomic E-state index is -0.147. The molecule has 0 radical (unpaired) electrons.